The van der Waals surface area contributed by atoms with Gasteiger partial charge in [-0.3, -0.25) is 0 Å². The number of anilines is 1. The lowest BCUT2D eigenvalue weighted by Gasteiger charge is -2.10. The van der Waals surface area contributed by atoms with E-state index < -0.39 is 5.97 Å². The smallest absolute Gasteiger partial charge is 0.339 e. The third-order valence-corrected chi connectivity index (χ3v) is 3.97. The van der Waals surface area contributed by atoms with Crippen LogP contribution in [0.5, 0.6) is 0 Å². The van der Waals surface area contributed by atoms with Crippen LogP contribution in [0.4, 0.5) is 5.69 Å². The molecule has 98 valence electrons. The summed E-state index contributed by atoms with van der Waals surface area (Å²) in [6.45, 7) is 0. The number of carbonyl (C=O) groups excluding carboxylic acids is 1. The molecule has 1 aromatic heterocycles. The minimum atomic E-state index is -0.443. The van der Waals surface area contributed by atoms with Crippen molar-refractivity contribution in [2.45, 2.75) is 9.92 Å². The van der Waals surface area contributed by atoms with E-state index in [0.717, 1.165) is 0 Å². The highest BCUT2D eigenvalue weighted by molar-refractivity contribution is 7.99. The number of ether oxygens (including phenoxy) is 1. The fourth-order valence-corrected chi connectivity index (χ4v) is 2.64. The predicted molar refractivity (Wildman–Crippen MR) is 75.6 cm³/mol. The van der Waals surface area contributed by atoms with Gasteiger partial charge in [-0.05, 0) is 24.3 Å². The van der Waals surface area contributed by atoms with Crippen molar-refractivity contribution in [3.8, 4) is 0 Å². The Balaban J connectivity index is 2.45. The Morgan fingerprint density at radius 1 is 1.37 bits per heavy atom. The van der Waals surface area contributed by atoms with Gasteiger partial charge in [-0.25, -0.2) is 9.78 Å². The Labute approximate surface area is 119 Å². The fourth-order valence-electron chi connectivity index (χ4n) is 1.48. The SMILES string of the molecule is COC(=O)c1cccc(N)c1Sc1ncccc1Cl. The van der Waals surface area contributed by atoms with Gasteiger partial charge in [0.1, 0.15) is 5.03 Å². The first-order chi connectivity index (χ1) is 9.13. The summed E-state index contributed by atoms with van der Waals surface area (Å²) in [7, 11) is 1.33. The lowest BCUT2D eigenvalue weighted by atomic mass is 10.2. The predicted octanol–water partition coefficient (Wildman–Crippen LogP) is 3.26. The molecule has 0 aliphatic rings. The minimum absolute atomic E-state index is 0.397. The third-order valence-electron chi connectivity index (χ3n) is 2.37. The van der Waals surface area contributed by atoms with Gasteiger partial charge in [0, 0.05) is 11.9 Å². The molecular weight excluding hydrogens is 284 g/mol. The van der Waals surface area contributed by atoms with Crippen LogP contribution in [0.3, 0.4) is 0 Å². The number of halogens is 1. The second kappa shape index (κ2) is 5.95. The number of carbonyl (C=O) groups is 1. The minimum Gasteiger partial charge on any atom is -0.465 e. The Kier molecular flexibility index (Phi) is 4.29. The molecule has 0 radical (unpaired) electrons. The summed E-state index contributed by atoms with van der Waals surface area (Å²) in [6.07, 6.45) is 1.63. The average molecular weight is 295 g/mol. The number of hydrogen-bond acceptors (Lipinski definition) is 5. The molecule has 0 fully saturated rings. The number of nitrogen functional groups attached to an aromatic ring is 1. The highest BCUT2D eigenvalue weighted by Gasteiger charge is 2.16. The molecule has 0 aliphatic carbocycles. The van der Waals surface area contributed by atoms with Gasteiger partial charge in [-0.2, -0.15) is 0 Å². The number of aromatic nitrogens is 1. The van der Waals surface area contributed by atoms with Crippen LogP contribution in [-0.4, -0.2) is 18.1 Å². The summed E-state index contributed by atoms with van der Waals surface area (Å²) < 4.78 is 4.74. The molecule has 0 saturated heterocycles. The van der Waals surface area contributed by atoms with Gasteiger partial charge in [-0.1, -0.05) is 29.4 Å². The Morgan fingerprint density at radius 2 is 2.16 bits per heavy atom. The number of rotatable bonds is 3. The summed E-state index contributed by atoms with van der Waals surface area (Å²) in [5.41, 5.74) is 6.79. The van der Waals surface area contributed by atoms with Gasteiger partial charge < -0.3 is 10.5 Å². The van der Waals surface area contributed by atoms with Crippen LogP contribution >= 0.6 is 23.4 Å². The zero-order chi connectivity index (χ0) is 13.8. The molecule has 4 nitrogen and oxygen atoms in total. The molecule has 0 unspecified atom stereocenters. The van der Waals surface area contributed by atoms with Gasteiger partial charge in [0.2, 0.25) is 0 Å². The van der Waals surface area contributed by atoms with Gasteiger partial charge in [0.15, 0.2) is 0 Å². The molecule has 6 heteroatoms. The molecule has 0 atom stereocenters. The number of benzene rings is 1. The van der Waals surface area contributed by atoms with Crippen molar-refractivity contribution in [2.75, 3.05) is 12.8 Å². The van der Waals surface area contributed by atoms with E-state index in [0.29, 0.717) is 26.2 Å². The van der Waals surface area contributed by atoms with E-state index in [1.165, 1.54) is 18.9 Å². The largest absolute Gasteiger partial charge is 0.465 e. The number of methoxy groups -OCH3 is 1. The molecular formula is C13H11ClN2O2S. The van der Waals surface area contributed by atoms with Crippen LogP contribution in [0, 0.1) is 0 Å². The highest BCUT2D eigenvalue weighted by Crippen LogP contribution is 2.37. The van der Waals surface area contributed by atoms with Crippen molar-refractivity contribution < 1.29 is 9.53 Å². The summed E-state index contributed by atoms with van der Waals surface area (Å²) >= 11 is 7.29. The molecule has 0 spiro atoms. The van der Waals surface area contributed by atoms with Crippen molar-refractivity contribution in [1.82, 2.24) is 4.98 Å². The highest BCUT2D eigenvalue weighted by atomic mass is 35.5. The van der Waals surface area contributed by atoms with E-state index in [1.807, 2.05) is 0 Å². The van der Waals surface area contributed by atoms with E-state index >= 15 is 0 Å². The topological polar surface area (TPSA) is 65.2 Å². The van der Waals surface area contributed by atoms with E-state index in [4.69, 9.17) is 22.1 Å². The quantitative estimate of drug-likeness (QED) is 0.695. The van der Waals surface area contributed by atoms with Crippen LogP contribution in [0.25, 0.3) is 0 Å². The molecule has 1 aromatic carbocycles. The molecule has 19 heavy (non-hydrogen) atoms. The Hall–Kier alpha value is -1.72. The van der Waals surface area contributed by atoms with E-state index in [2.05, 4.69) is 4.98 Å². The number of nitrogens with zero attached hydrogens (tertiary/aromatic N) is 1. The first-order valence-corrected chi connectivity index (χ1v) is 6.58. The van der Waals surface area contributed by atoms with Crippen molar-refractivity contribution in [2.24, 2.45) is 0 Å². The maximum Gasteiger partial charge on any atom is 0.339 e. The zero-order valence-corrected chi connectivity index (χ0v) is 11.7. The maximum atomic E-state index is 11.7. The maximum absolute atomic E-state index is 11.7. The molecule has 1 heterocycles. The lowest BCUT2D eigenvalue weighted by Crippen LogP contribution is -2.05. The van der Waals surface area contributed by atoms with Crippen molar-refractivity contribution in [1.29, 1.82) is 0 Å². The summed E-state index contributed by atoms with van der Waals surface area (Å²) in [5.74, 6) is -0.443. The molecule has 0 saturated carbocycles. The van der Waals surface area contributed by atoms with Gasteiger partial charge in [0.05, 0.1) is 22.6 Å². The summed E-state index contributed by atoms with van der Waals surface area (Å²) in [4.78, 5) is 16.5. The molecule has 0 bridgehead atoms. The zero-order valence-electron chi connectivity index (χ0n) is 10.1. The molecule has 2 rings (SSSR count). The van der Waals surface area contributed by atoms with E-state index in [1.54, 1.807) is 36.5 Å². The fraction of sp³-hybridized carbons (Fsp3) is 0.0769. The van der Waals surface area contributed by atoms with E-state index in [9.17, 15) is 4.79 Å². The lowest BCUT2D eigenvalue weighted by molar-refractivity contribution is 0.0597. The second-order valence-electron chi connectivity index (χ2n) is 3.61. The van der Waals surface area contributed by atoms with Crippen LogP contribution in [0.15, 0.2) is 46.5 Å². The second-order valence-corrected chi connectivity index (χ2v) is 5.01. The van der Waals surface area contributed by atoms with Crippen LogP contribution < -0.4 is 5.73 Å². The molecule has 0 aliphatic heterocycles. The standard InChI is InChI=1S/C13H11ClN2O2S/c1-18-13(17)8-4-2-6-10(15)11(8)19-12-9(14)5-3-7-16-12/h2-7H,15H2,1H3. The van der Waals surface area contributed by atoms with E-state index in [-0.39, 0.29) is 0 Å². The van der Waals surface area contributed by atoms with Gasteiger partial charge in [0.25, 0.3) is 0 Å². The molecule has 2 aromatic rings. The Morgan fingerprint density at radius 3 is 2.84 bits per heavy atom. The summed E-state index contributed by atoms with van der Waals surface area (Å²) in [5, 5.41) is 1.10. The average Bonchev–Trinajstić information content (AvgIpc) is 2.42. The number of hydrogen-bond donors (Lipinski definition) is 1. The number of esters is 1. The van der Waals surface area contributed by atoms with Crippen LogP contribution in [0.2, 0.25) is 5.02 Å². The first kappa shape index (κ1) is 13.7. The van der Waals surface area contributed by atoms with Gasteiger partial charge >= 0.3 is 5.97 Å². The monoisotopic (exact) mass is 294 g/mol. The van der Waals surface area contributed by atoms with Crippen LogP contribution in [-0.2, 0) is 4.74 Å². The van der Waals surface area contributed by atoms with Crippen molar-refractivity contribution >= 4 is 35.0 Å². The molecule has 2 N–H and O–H groups in total. The Bertz CT molecular complexity index is 619. The first-order valence-electron chi connectivity index (χ1n) is 5.38. The third kappa shape index (κ3) is 3.00. The number of nitrogens with two attached hydrogens (primary N) is 1. The number of pyridine rings is 1. The van der Waals surface area contributed by atoms with Crippen molar-refractivity contribution in [3.63, 3.8) is 0 Å². The summed E-state index contributed by atoms with van der Waals surface area (Å²) in [6, 6.07) is 8.54. The van der Waals surface area contributed by atoms with Crippen LogP contribution in [0.1, 0.15) is 10.4 Å². The normalized spacial score (nSPS) is 10.2. The van der Waals surface area contributed by atoms with Gasteiger partial charge in [-0.15, -0.1) is 0 Å². The molecule has 0 amide bonds. The van der Waals surface area contributed by atoms with Crippen molar-refractivity contribution in [3.05, 3.63) is 47.1 Å².